The number of hydrogen-bond donors (Lipinski definition) is 2. The van der Waals surface area contributed by atoms with Gasteiger partial charge in [0.2, 0.25) is 5.91 Å². The number of hydrogen-bond acceptors (Lipinski definition) is 3. The van der Waals surface area contributed by atoms with Gasteiger partial charge in [-0.15, -0.1) is 0 Å². The summed E-state index contributed by atoms with van der Waals surface area (Å²) < 4.78 is 0. The zero-order chi connectivity index (χ0) is 16.1. The standard InChI is InChI=1S/C19H20N2O2/c22-18(8-7-15-9-12-20-13-10-15)21-14-19(23)11-3-5-16-4-1-2-6-17(16)19/h1-2,4,6-10,12-13,23H,3,5,11,14H2,(H,21,22)/b8-7+. The number of nitrogens with zero attached hydrogens (tertiary/aromatic N) is 1. The van der Waals surface area contributed by atoms with Gasteiger partial charge in [0.15, 0.2) is 0 Å². The van der Waals surface area contributed by atoms with E-state index < -0.39 is 5.60 Å². The lowest BCUT2D eigenvalue weighted by atomic mass is 9.79. The van der Waals surface area contributed by atoms with E-state index >= 15 is 0 Å². The Bertz CT molecular complexity index is 712. The number of carbonyl (C=O) groups is 1. The highest BCUT2D eigenvalue weighted by Gasteiger charge is 2.34. The second-order valence-electron chi connectivity index (χ2n) is 5.87. The predicted octanol–water partition coefficient (Wildman–Crippen LogP) is 2.44. The van der Waals surface area contributed by atoms with E-state index in [0.717, 1.165) is 24.0 Å². The molecule has 0 saturated carbocycles. The molecule has 1 atom stereocenters. The predicted molar refractivity (Wildman–Crippen MR) is 89.6 cm³/mol. The van der Waals surface area contributed by atoms with E-state index in [-0.39, 0.29) is 12.5 Å². The zero-order valence-electron chi connectivity index (χ0n) is 12.9. The van der Waals surface area contributed by atoms with Crippen molar-refractivity contribution >= 4 is 12.0 Å². The van der Waals surface area contributed by atoms with E-state index in [4.69, 9.17) is 0 Å². The van der Waals surface area contributed by atoms with Gasteiger partial charge in [-0.25, -0.2) is 0 Å². The Morgan fingerprint density at radius 1 is 1.26 bits per heavy atom. The average molecular weight is 308 g/mol. The number of benzene rings is 1. The number of rotatable bonds is 4. The molecule has 1 amide bonds. The first-order valence-corrected chi connectivity index (χ1v) is 7.84. The molecule has 3 rings (SSSR count). The topological polar surface area (TPSA) is 62.2 Å². The molecule has 1 aliphatic carbocycles. The SMILES string of the molecule is O=C(/C=C/c1ccncc1)NCC1(O)CCCc2ccccc21. The quantitative estimate of drug-likeness (QED) is 0.853. The van der Waals surface area contributed by atoms with Crippen LogP contribution in [0, 0.1) is 0 Å². The van der Waals surface area contributed by atoms with Gasteiger partial charge in [-0.05, 0) is 54.2 Å². The normalized spacial score (nSPS) is 20.2. The van der Waals surface area contributed by atoms with Crippen molar-refractivity contribution in [1.29, 1.82) is 0 Å². The Morgan fingerprint density at radius 3 is 2.87 bits per heavy atom. The van der Waals surface area contributed by atoms with Crippen LogP contribution in [0.4, 0.5) is 0 Å². The minimum Gasteiger partial charge on any atom is -0.383 e. The van der Waals surface area contributed by atoms with Crippen molar-refractivity contribution in [3.8, 4) is 0 Å². The first-order valence-electron chi connectivity index (χ1n) is 7.84. The third-order valence-electron chi connectivity index (χ3n) is 4.24. The smallest absolute Gasteiger partial charge is 0.244 e. The molecule has 0 bridgehead atoms. The summed E-state index contributed by atoms with van der Waals surface area (Å²) in [5.41, 5.74) is 2.04. The summed E-state index contributed by atoms with van der Waals surface area (Å²) in [6, 6.07) is 11.6. The number of aromatic nitrogens is 1. The fourth-order valence-electron chi connectivity index (χ4n) is 3.02. The van der Waals surface area contributed by atoms with Crippen molar-refractivity contribution < 1.29 is 9.90 Å². The Morgan fingerprint density at radius 2 is 2.04 bits per heavy atom. The largest absolute Gasteiger partial charge is 0.383 e. The van der Waals surface area contributed by atoms with Gasteiger partial charge in [-0.1, -0.05) is 24.3 Å². The Kier molecular flexibility index (Phi) is 4.53. The van der Waals surface area contributed by atoms with Gasteiger partial charge in [0.05, 0.1) is 6.54 Å². The van der Waals surface area contributed by atoms with Crippen LogP contribution in [0.3, 0.4) is 0 Å². The van der Waals surface area contributed by atoms with Gasteiger partial charge in [-0.2, -0.15) is 0 Å². The highest BCUT2D eigenvalue weighted by molar-refractivity contribution is 5.91. The number of aliphatic hydroxyl groups is 1. The summed E-state index contributed by atoms with van der Waals surface area (Å²) >= 11 is 0. The third-order valence-corrected chi connectivity index (χ3v) is 4.24. The van der Waals surface area contributed by atoms with Crippen molar-refractivity contribution in [2.75, 3.05) is 6.54 Å². The van der Waals surface area contributed by atoms with Crippen molar-refractivity contribution in [3.63, 3.8) is 0 Å². The Hall–Kier alpha value is -2.46. The van der Waals surface area contributed by atoms with Crippen molar-refractivity contribution in [1.82, 2.24) is 10.3 Å². The molecule has 2 aromatic rings. The molecule has 1 aromatic heterocycles. The molecular formula is C19H20N2O2. The average Bonchev–Trinajstić information content (AvgIpc) is 2.60. The van der Waals surface area contributed by atoms with Crippen LogP contribution in [-0.4, -0.2) is 22.5 Å². The molecule has 0 aliphatic heterocycles. The van der Waals surface area contributed by atoms with Crippen molar-refractivity contribution in [3.05, 3.63) is 71.6 Å². The second kappa shape index (κ2) is 6.75. The number of pyridine rings is 1. The van der Waals surface area contributed by atoms with Crippen LogP contribution in [0.15, 0.2) is 54.9 Å². The molecule has 2 N–H and O–H groups in total. The fraction of sp³-hybridized carbons (Fsp3) is 0.263. The Labute approximate surface area is 135 Å². The molecule has 0 spiro atoms. The van der Waals surface area contributed by atoms with Crippen LogP contribution in [0.1, 0.15) is 29.5 Å². The van der Waals surface area contributed by atoms with Gasteiger partial charge in [0.25, 0.3) is 0 Å². The monoisotopic (exact) mass is 308 g/mol. The minimum absolute atomic E-state index is 0.210. The molecule has 118 valence electrons. The van der Waals surface area contributed by atoms with Crippen molar-refractivity contribution in [2.24, 2.45) is 0 Å². The lowest BCUT2D eigenvalue weighted by molar-refractivity contribution is -0.118. The number of aryl methyl sites for hydroxylation is 1. The third kappa shape index (κ3) is 3.66. The summed E-state index contributed by atoms with van der Waals surface area (Å²) in [6.45, 7) is 0.226. The van der Waals surface area contributed by atoms with Crippen LogP contribution in [0.25, 0.3) is 6.08 Å². The van der Waals surface area contributed by atoms with E-state index in [1.807, 2.05) is 36.4 Å². The van der Waals surface area contributed by atoms with Crippen LogP contribution in [0.5, 0.6) is 0 Å². The summed E-state index contributed by atoms with van der Waals surface area (Å²) in [7, 11) is 0. The molecule has 1 aliphatic rings. The molecule has 0 radical (unpaired) electrons. The van der Waals surface area contributed by atoms with Gasteiger partial charge in [-0.3, -0.25) is 9.78 Å². The van der Waals surface area contributed by atoms with Gasteiger partial charge in [0.1, 0.15) is 5.60 Å². The summed E-state index contributed by atoms with van der Waals surface area (Å²) in [5.74, 6) is -0.210. The molecule has 4 heteroatoms. The summed E-state index contributed by atoms with van der Waals surface area (Å²) in [4.78, 5) is 15.9. The Balaban J connectivity index is 1.64. The molecule has 1 aromatic carbocycles. The fourth-order valence-corrected chi connectivity index (χ4v) is 3.02. The first kappa shape index (κ1) is 15.4. The maximum Gasteiger partial charge on any atom is 0.244 e. The number of fused-ring (bicyclic) bond motifs is 1. The van der Waals surface area contributed by atoms with Gasteiger partial charge in [0, 0.05) is 18.5 Å². The van der Waals surface area contributed by atoms with E-state index in [0.29, 0.717) is 6.42 Å². The zero-order valence-corrected chi connectivity index (χ0v) is 12.9. The molecule has 4 nitrogen and oxygen atoms in total. The lowest BCUT2D eigenvalue weighted by Crippen LogP contribution is -2.42. The molecule has 23 heavy (non-hydrogen) atoms. The van der Waals surface area contributed by atoms with E-state index in [2.05, 4.69) is 10.3 Å². The van der Waals surface area contributed by atoms with E-state index in [1.54, 1.807) is 18.5 Å². The van der Waals surface area contributed by atoms with Crippen molar-refractivity contribution in [2.45, 2.75) is 24.9 Å². The first-order chi connectivity index (χ1) is 11.2. The molecule has 1 unspecified atom stereocenters. The van der Waals surface area contributed by atoms with Crippen LogP contribution >= 0.6 is 0 Å². The molecule has 0 saturated heterocycles. The van der Waals surface area contributed by atoms with Crippen LogP contribution in [0.2, 0.25) is 0 Å². The number of amides is 1. The van der Waals surface area contributed by atoms with E-state index in [1.165, 1.54) is 11.6 Å². The highest BCUT2D eigenvalue weighted by atomic mass is 16.3. The van der Waals surface area contributed by atoms with Gasteiger partial charge >= 0.3 is 0 Å². The number of carbonyl (C=O) groups excluding carboxylic acids is 1. The van der Waals surface area contributed by atoms with Gasteiger partial charge < -0.3 is 10.4 Å². The molecule has 1 heterocycles. The van der Waals surface area contributed by atoms with Crippen LogP contribution < -0.4 is 5.32 Å². The number of nitrogens with one attached hydrogen (secondary N) is 1. The summed E-state index contributed by atoms with van der Waals surface area (Å²) in [5, 5.41) is 13.7. The maximum absolute atomic E-state index is 12.0. The molecular weight excluding hydrogens is 288 g/mol. The lowest BCUT2D eigenvalue weighted by Gasteiger charge is -2.34. The summed E-state index contributed by atoms with van der Waals surface area (Å²) in [6.07, 6.45) is 9.14. The van der Waals surface area contributed by atoms with E-state index in [9.17, 15) is 9.90 Å². The minimum atomic E-state index is -0.977. The second-order valence-corrected chi connectivity index (χ2v) is 5.87. The van der Waals surface area contributed by atoms with Crippen LogP contribution in [-0.2, 0) is 16.8 Å². The highest BCUT2D eigenvalue weighted by Crippen LogP contribution is 2.34. The maximum atomic E-state index is 12.0. The molecule has 0 fully saturated rings.